The third-order valence-electron chi connectivity index (χ3n) is 2.76. The number of aryl methyl sites for hydroxylation is 2. The summed E-state index contributed by atoms with van der Waals surface area (Å²) in [5.74, 6) is 0.587. The van der Waals surface area contributed by atoms with Crippen LogP contribution in [0.5, 0.6) is 5.75 Å². The lowest BCUT2D eigenvalue weighted by Crippen LogP contribution is -2.02. The van der Waals surface area contributed by atoms with E-state index in [4.69, 9.17) is 16.3 Å². The van der Waals surface area contributed by atoms with Crippen LogP contribution in [0.2, 0.25) is 5.15 Å². The van der Waals surface area contributed by atoms with Crippen molar-refractivity contribution in [3.63, 3.8) is 0 Å². The minimum Gasteiger partial charge on any atom is -0.495 e. The summed E-state index contributed by atoms with van der Waals surface area (Å²) in [5, 5.41) is 14.9. The van der Waals surface area contributed by atoms with Crippen LogP contribution in [-0.2, 0) is 7.05 Å². The van der Waals surface area contributed by atoms with Gasteiger partial charge in [0.25, 0.3) is 0 Å². The van der Waals surface area contributed by atoms with Gasteiger partial charge in [0.15, 0.2) is 0 Å². The zero-order valence-corrected chi connectivity index (χ0v) is 11.1. The second-order valence-electron chi connectivity index (χ2n) is 3.97. The van der Waals surface area contributed by atoms with Gasteiger partial charge in [0.1, 0.15) is 17.0 Å². The number of methoxy groups -OCH3 is 1. The van der Waals surface area contributed by atoms with E-state index in [0.29, 0.717) is 27.7 Å². The summed E-state index contributed by atoms with van der Waals surface area (Å²) >= 11 is 6.12. The Morgan fingerprint density at radius 2 is 2.17 bits per heavy atom. The van der Waals surface area contributed by atoms with Crippen LogP contribution in [0.4, 0.5) is 0 Å². The van der Waals surface area contributed by atoms with Crippen LogP contribution >= 0.6 is 11.6 Å². The molecule has 1 atom stereocenters. The number of aliphatic hydroxyl groups excluding tert-OH is 1. The Bertz CT molecular complexity index is 568. The molecule has 2 heterocycles. The molecule has 1 N–H and O–H groups in total. The molecule has 0 radical (unpaired) electrons. The molecule has 2 aromatic heterocycles. The van der Waals surface area contributed by atoms with Crippen LogP contribution in [0.1, 0.15) is 22.9 Å². The summed E-state index contributed by atoms with van der Waals surface area (Å²) < 4.78 is 6.61. The highest BCUT2D eigenvalue weighted by Gasteiger charge is 2.21. The van der Waals surface area contributed by atoms with Gasteiger partial charge < -0.3 is 9.84 Å². The number of rotatable bonds is 3. The summed E-state index contributed by atoms with van der Waals surface area (Å²) in [7, 11) is 3.28. The van der Waals surface area contributed by atoms with Gasteiger partial charge in [-0.2, -0.15) is 5.10 Å². The van der Waals surface area contributed by atoms with E-state index in [2.05, 4.69) is 10.1 Å². The molecule has 2 aromatic rings. The fourth-order valence-electron chi connectivity index (χ4n) is 1.82. The van der Waals surface area contributed by atoms with E-state index in [-0.39, 0.29) is 0 Å². The van der Waals surface area contributed by atoms with Crippen LogP contribution in [0.25, 0.3) is 0 Å². The largest absolute Gasteiger partial charge is 0.495 e. The SMILES string of the molecule is COc1cncc(C(O)c2c(C)nn(C)c2Cl)c1. The molecule has 0 saturated heterocycles. The fraction of sp³-hybridized carbons (Fsp3) is 0.333. The highest BCUT2D eigenvalue weighted by Crippen LogP contribution is 2.31. The van der Waals surface area contributed by atoms with E-state index >= 15 is 0 Å². The monoisotopic (exact) mass is 267 g/mol. The predicted octanol–water partition coefficient (Wildman–Crippen LogP) is 1.87. The van der Waals surface area contributed by atoms with E-state index < -0.39 is 6.10 Å². The van der Waals surface area contributed by atoms with E-state index in [1.165, 1.54) is 4.68 Å². The van der Waals surface area contributed by atoms with Gasteiger partial charge in [-0.1, -0.05) is 11.6 Å². The minimum atomic E-state index is -0.867. The van der Waals surface area contributed by atoms with Crippen molar-refractivity contribution in [3.8, 4) is 5.75 Å². The fourth-order valence-corrected chi connectivity index (χ4v) is 2.10. The van der Waals surface area contributed by atoms with E-state index in [1.54, 1.807) is 39.5 Å². The summed E-state index contributed by atoms with van der Waals surface area (Å²) in [6, 6.07) is 1.72. The first-order chi connectivity index (χ1) is 8.54. The molecule has 1 unspecified atom stereocenters. The van der Waals surface area contributed by atoms with Crippen LogP contribution in [0.15, 0.2) is 18.5 Å². The molecule has 0 spiro atoms. The molecular formula is C12H14ClN3O2. The Kier molecular flexibility index (Phi) is 3.54. The van der Waals surface area contributed by atoms with Gasteiger partial charge in [-0.15, -0.1) is 0 Å². The number of hydrogen-bond donors (Lipinski definition) is 1. The van der Waals surface area contributed by atoms with E-state index in [0.717, 1.165) is 0 Å². The standard InChI is InChI=1S/C12H14ClN3O2/c1-7-10(12(13)16(2)15-7)11(17)8-4-9(18-3)6-14-5-8/h4-6,11,17H,1-3H3. The second-order valence-corrected chi connectivity index (χ2v) is 4.33. The maximum absolute atomic E-state index is 10.4. The van der Waals surface area contributed by atoms with Crippen LogP contribution in [-0.4, -0.2) is 27.0 Å². The lowest BCUT2D eigenvalue weighted by Gasteiger charge is -2.11. The molecule has 0 bridgehead atoms. The Morgan fingerprint density at radius 1 is 1.44 bits per heavy atom. The summed E-state index contributed by atoms with van der Waals surface area (Å²) in [6.07, 6.45) is 2.29. The van der Waals surface area contributed by atoms with Gasteiger partial charge in [-0.05, 0) is 13.0 Å². The first-order valence-corrected chi connectivity index (χ1v) is 5.78. The zero-order chi connectivity index (χ0) is 13.3. The lowest BCUT2D eigenvalue weighted by atomic mass is 10.0. The van der Waals surface area contributed by atoms with Crippen LogP contribution < -0.4 is 4.74 Å². The Morgan fingerprint density at radius 3 is 2.72 bits per heavy atom. The van der Waals surface area contributed by atoms with E-state index in [1.807, 2.05) is 0 Å². The number of nitrogens with zero attached hydrogens (tertiary/aromatic N) is 3. The van der Waals surface area contributed by atoms with Gasteiger partial charge >= 0.3 is 0 Å². The van der Waals surface area contributed by atoms with Crippen molar-refractivity contribution < 1.29 is 9.84 Å². The molecule has 5 nitrogen and oxygen atoms in total. The van der Waals surface area contributed by atoms with Gasteiger partial charge in [0, 0.05) is 24.4 Å². The number of ether oxygens (including phenoxy) is 1. The molecule has 0 saturated carbocycles. The number of pyridine rings is 1. The maximum Gasteiger partial charge on any atom is 0.137 e. The molecule has 0 aliphatic heterocycles. The molecule has 0 amide bonds. The smallest absolute Gasteiger partial charge is 0.137 e. The van der Waals surface area contributed by atoms with Crippen molar-refractivity contribution in [1.29, 1.82) is 0 Å². The molecule has 0 fully saturated rings. The minimum absolute atomic E-state index is 0.419. The first-order valence-electron chi connectivity index (χ1n) is 5.40. The number of halogens is 1. The topological polar surface area (TPSA) is 60.2 Å². The number of aliphatic hydroxyl groups is 1. The lowest BCUT2D eigenvalue weighted by molar-refractivity contribution is 0.218. The molecule has 96 valence electrons. The average molecular weight is 268 g/mol. The summed E-state index contributed by atoms with van der Waals surface area (Å²) in [5.41, 5.74) is 1.90. The average Bonchev–Trinajstić information content (AvgIpc) is 2.62. The van der Waals surface area contributed by atoms with Crippen LogP contribution in [0.3, 0.4) is 0 Å². The maximum atomic E-state index is 10.4. The summed E-state index contributed by atoms with van der Waals surface area (Å²) in [6.45, 7) is 1.80. The predicted molar refractivity (Wildman–Crippen MR) is 67.8 cm³/mol. The molecular weight excluding hydrogens is 254 g/mol. The molecule has 6 heteroatoms. The summed E-state index contributed by atoms with van der Waals surface area (Å²) in [4.78, 5) is 4.01. The molecule has 0 aliphatic carbocycles. The Balaban J connectivity index is 2.44. The highest BCUT2D eigenvalue weighted by atomic mass is 35.5. The van der Waals surface area contributed by atoms with Crippen molar-refractivity contribution in [3.05, 3.63) is 40.4 Å². The van der Waals surface area contributed by atoms with Gasteiger partial charge in [-0.25, -0.2) is 0 Å². The van der Waals surface area contributed by atoms with Crippen molar-refractivity contribution in [2.75, 3.05) is 7.11 Å². The van der Waals surface area contributed by atoms with Gasteiger partial charge in [0.2, 0.25) is 0 Å². The zero-order valence-electron chi connectivity index (χ0n) is 10.4. The third kappa shape index (κ3) is 2.19. The first kappa shape index (κ1) is 12.9. The van der Waals surface area contributed by atoms with Crippen molar-refractivity contribution in [1.82, 2.24) is 14.8 Å². The molecule has 18 heavy (non-hydrogen) atoms. The highest BCUT2D eigenvalue weighted by molar-refractivity contribution is 6.30. The Hall–Kier alpha value is -1.59. The van der Waals surface area contributed by atoms with E-state index in [9.17, 15) is 5.11 Å². The van der Waals surface area contributed by atoms with Crippen molar-refractivity contribution in [2.45, 2.75) is 13.0 Å². The van der Waals surface area contributed by atoms with Gasteiger partial charge in [-0.3, -0.25) is 9.67 Å². The van der Waals surface area contributed by atoms with Crippen molar-refractivity contribution >= 4 is 11.6 Å². The molecule has 0 aromatic carbocycles. The van der Waals surface area contributed by atoms with Crippen molar-refractivity contribution in [2.24, 2.45) is 7.05 Å². The van der Waals surface area contributed by atoms with Crippen LogP contribution in [0, 0.1) is 6.92 Å². The Labute approximate surface area is 110 Å². The molecule has 0 aliphatic rings. The quantitative estimate of drug-likeness (QED) is 0.922. The van der Waals surface area contributed by atoms with Gasteiger partial charge in [0.05, 0.1) is 19.0 Å². The second kappa shape index (κ2) is 4.96. The number of hydrogen-bond acceptors (Lipinski definition) is 4. The molecule has 2 rings (SSSR count). The third-order valence-corrected chi connectivity index (χ3v) is 3.20. The normalized spacial score (nSPS) is 12.5. The number of aromatic nitrogens is 3.